The van der Waals surface area contributed by atoms with Gasteiger partial charge in [-0.15, -0.1) is 22.7 Å². The van der Waals surface area contributed by atoms with E-state index >= 15 is 0 Å². The molecule has 0 aliphatic heterocycles. The van der Waals surface area contributed by atoms with E-state index in [4.69, 9.17) is 18.3 Å². The minimum Gasteiger partial charge on any atom is -0.488 e. The van der Waals surface area contributed by atoms with Gasteiger partial charge in [0.15, 0.2) is 6.29 Å². The predicted molar refractivity (Wildman–Crippen MR) is 387 cm³/mol. The zero-order chi connectivity index (χ0) is 61.8. The monoisotopic (exact) mass is 1250 g/mol. The average Bonchev–Trinajstić information content (AvgIpc) is 1.18. The van der Waals surface area contributed by atoms with Crippen LogP contribution < -0.4 is 40.0 Å². The molecule has 0 N–H and O–H groups in total. The quantitative estimate of drug-likeness (QED) is 0.0417. The third-order valence-electron chi connectivity index (χ3n) is 15.8. The maximum atomic E-state index is 11.1. The van der Waals surface area contributed by atoms with E-state index in [0.717, 1.165) is 69.4 Å². The highest BCUT2D eigenvalue weighted by atomic mass is 32.1. The van der Waals surface area contributed by atoms with Gasteiger partial charge in [-0.1, -0.05) is 237 Å². The Morgan fingerprint density at radius 3 is 1.11 bits per heavy atom. The molecule has 0 radical (unpaired) electrons. The van der Waals surface area contributed by atoms with Crippen LogP contribution in [0.2, 0.25) is 10.1 Å². The second-order valence-electron chi connectivity index (χ2n) is 23.9. The molecule has 11 heteroatoms. The first-order valence-electron chi connectivity index (χ1n) is 30.2. The molecule has 2 heterocycles. The lowest BCUT2D eigenvalue weighted by Gasteiger charge is -2.43. The van der Waals surface area contributed by atoms with Crippen molar-refractivity contribution in [1.29, 1.82) is 0 Å². The van der Waals surface area contributed by atoms with E-state index in [1.165, 1.54) is 37.0 Å². The first-order valence-corrected chi connectivity index (χ1v) is 35.7. The summed E-state index contributed by atoms with van der Waals surface area (Å²) >= 11 is 3.20. The van der Waals surface area contributed by atoms with Crippen LogP contribution in [0.3, 0.4) is 0 Å². The summed E-state index contributed by atoms with van der Waals surface area (Å²) in [6.07, 6.45) is 9.26. The van der Waals surface area contributed by atoms with Crippen molar-refractivity contribution < 1.29 is 23.1 Å². The molecule has 89 heavy (non-hydrogen) atoms. The maximum absolute atomic E-state index is 11.1. The van der Waals surface area contributed by atoms with E-state index in [2.05, 4.69) is 283 Å². The van der Waals surface area contributed by atoms with Crippen molar-refractivity contribution in [2.75, 3.05) is 50.2 Å². The Labute approximate surface area is 540 Å². The zero-order valence-corrected chi connectivity index (χ0v) is 55.7. The van der Waals surface area contributed by atoms with E-state index in [1.807, 2.05) is 54.6 Å². The number of anilines is 2. The summed E-state index contributed by atoms with van der Waals surface area (Å²) in [5.74, 6) is 1.67. The van der Waals surface area contributed by atoms with Crippen LogP contribution in [-0.4, -0.2) is 63.3 Å². The van der Waals surface area contributed by atoms with Crippen LogP contribution >= 0.6 is 22.7 Å². The summed E-state index contributed by atoms with van der Waals surface area (Å²) in [6.45, 7) is 17.6. The number of carbonyl (C=O) groups is 1. The van der Waals surface area contributed by atoms with Gasteiger partial charge < -0.3 is 28.1 Å². The average molecular weight is 1250 g/mol. The topological polar surface area (TPSA) is 60.5 Å². The number of carbonyl (C=O) groups excluding carboxylic acids is 1. The van der Waals surface area contributed by atoms with E-state index in [0.29, 0.717) is 31.3 Å². The minimum absolute atomic E-state index is 0. The lowest BCUT2D eigenvalue weighted by molar-refractivity contribution is 0.112. The van der Waals surface area contributed by atoms with Gasteiger partial charge in [-0.25, -0.2) is 0 Å². The summed E-state index contributed by atoms with van der Waals surface area (Å²) in [7, 11) is -0.961. The zero-order valence-electron chi connectivity index (χ0n) is 52.1. The van der Waals surface area contributed by atoms with Crippen molar-refractivity contribution in [1.82, 2.24) is 0 Å². The van der Waals surface area contributed by atoms with Gasteiger partial charge in [-0.2, -0.15) is 0 Å². The summed E-state index contributed by atoms with van der Waals surface area (Å²) in [4.78, 5) is 18.6. The second kappa shape index (κ2) is 31.9. The molecule has 458 valence electrons. The number of hydrogen-bond acceptors (Lipinski definition) is 9. The van der Waals surface area contributed by atoms with Crippen LogP contribution in [0.5, 0.6) is 11.5 Å². The van der Waals surface area contributed by atoms with Gasteiger partial charge in [0.25, 0.3) is 16.6 Å². The van der Waals surface area contributed by atoms with Crippen LogP contribution in [0.25, 0.3) is 24.3 Å². The summed E-state index contributed by atoms with van der Waals surface area (Å²) < 4.78 is 27.1. The summed E-state index contributed by atoms with van der Waals surface area (Å²) in [5, 5.41) is 7.14. The van der Waals surface area contributed by atoms with E-state index < -0.39 is 16.6 Å². The molecule has 7 nitrogen and oxygen atoms in total. The molecule has 0 saturated carbocycles. The number of aldehydes is 1. The molecule has 0 aliphatic rings. The fourth-order valence-electron chi connectivity index (χ4n) is 11.2. The molecule has 0 bridgehead atoms. The molecule has 0 fully saturated rings. The third-order valence-corrected chi connectivity index (χ3v) is 27.7. The smallest absolute Gasteiger partial charge is 0.261 e. The highest BCUT2D eigenvalue weighted by Crippen LogP contribution is 2.39. The van der Waals surface area contributed by atoms with Crippen molar-refractivity contribution in [3.63, 3.8) is 0 Å². The minimum atomic E-state index is -2.61. The standard InChI is InChI=1S/C39H41NO3SSi.C38H41NO2SSi.CH4/c1-39(2,3)45(36-16-10-6-11-17-36,37-18-12-7-13-19-37)43-27-26-40(4)33-22-20-32(21-23-34-24-25-35(29-41)44-34)38(28-33)42-30-31-14-8-5-9-15-31;1-38(2,3)43(35-18-10-6-11-19-35,36-20-12-7-13-21-36)41-27-26-39(4)33-24-22-32(23-25-34-17-14-28-42-34)37(29-33)40-30-31-15-8-5-9-16-31;/h5-25,28-29H,26-27,30H2,1-4H3;5-25,28-29H,26-27,30H2,1-4H3;1H4. The molecule has 8 aromatic carbocycles. The lowest BCUT2D eigenvalue weighted by atomic mass is 10.1. The Balaban J connectivity index is 0.000000228. The molecule has 10 aromatic rings. The Morgan fingerprint density at radius 2 is 0.775 bits per heavy atom. The highest BCUT2D eigenvalue weighted by molar-refractivity contribution is 7.14. The Morgan fingerprint density at radius 1 is 0.416 bits per heavy atom. The predicted octanol–water partition coefficient (Wildman–Crippen LogP) is 17.5. The maximum Gasteiger partial charge on any atom is 0.261 e. The first kappa shape index (κ1) is 66.8. The number of rotatable bonds is 25. The van der Waals surface area contributed by atoms with Crippen molar-refractivity contribution in [2.45, 2.75) is 72.3 Å². The van der Waals surface area contributed by atoms with Gasteiger partial charge in [0.05, 0.1) is 18.1 Å². The number of likely N-dealkylation sites (N-methyl/N-ethyl adjacent to an activating group) is 2. The van der Waals surface area contributed by atoms with E-state index in [1.54, 1.807) is 11.3 Å². The molecule has 0 aliphatic carbocycles. The molecule has 0 saturated heterocycles. The largest absolute Gasteiger partial charge is 0.488 e. The number of ether oxygens (including phenoxy) is 2. The Bertz CT molecular complexity index is 3700. The number of thiophene rings is 2. The second-order valence-corrected chi connectivity index (χ2v) is 34.6. The Hall–Kier alpha value is -8.14. The lowest BCUT2D eigenvalue weighted by Crippen LogP contribution is -2.67. The number of nitrogens with zero attached hydrogens (tertiary/aromatic N) is 2. The molecule has 0 amide bonds. The van der Waals surface area contributed by atoms with E-state index in [-0.39, 0.29) is 17.5 Å². The first-order chi connectivity index (χ1) is 42.7. The summed E-state index contributed by atoms with van der Waals surface area (Å²) in [6, 6.07) is 84.5. The van der Waals surface area contributed by atoms with Crippen LogP contribution in [0, 0.1) is 0 Å². The fraction of sp³-hybridized carbons (Fsp3) is 0.218. The van der Waals surface area contributed by atoms with Gasteiger partial charge >= 0.3 is 0 Å². The van der Waals surface area contributed by atoms with Crippen LogP contribution in [0.1, 0.15) is 90.6 Å². The van der Waals surface area contributed by atoms with Crippen molar-refractivity contribution in [3.8, 4) is 11.5 Å². The van der Waals surface area contributed by atoms with Gasteiger partial charge in [-0.3, -0.25) is 4.79 Å². The van der Waals surface area contributed by atoms with Gasteiger partial charge in [-0.05, 0) is 114 Å². The third kappa shape index (κ3) is 17.2. The van der Waals surface area contributed by atoms with Crippen LogP contribution in [0.4, 0.5) is 11.4 Å². The van der Waals surface area contributed by atoms with Gasteiger partial charge in [0.1, 0.15) is 24.7 Å². The Kier molecular flexibility index (Phi) is 23.9. The number of hydrogen-bond donors (Lipinski definition) is 0. The molecular formula is C78H86N2O5S2Si2. The van der Waals surface area contributed by atoms with Crippen molar-refractivity contribution >= 4 is 102 Å². The fourth-order valence-corrected chi connectivity index (χ4v) is 21.7. The van der Waals surface area contributed by atoms with E-state index in [9.17, 15) is 4.79 Å². The van der Waals surface area contributed by atoms with Crippen LogP contribution in [0.15, 0.2) is 248 Å². The highest BCUT2D eigenvalue weighted by Gasteiger charge is 2.51. The van der Waals surface area contributed by atoms with Gasteiger partial charge in [0.2, 0.25) is 0 Å². The van der Waals surface area contributed by atoms with Crippen LogP contribution in [-0.2, 0) is 22.1 Å². The molecule has 0 unspecified atom stereocenters. The SMILES string of the molecule is C.CN(CCO[Si](c1ccccc1)(c1ccccc1)C(C)(C)C)c1ccc(C=Cc2ccc(C=O)s2)c(OCc2ccccc2)c1.CN(CCO[Si](c1ccccc1)(c1ccccc1)C(C)(C)C)c1ccc(C=Cc2cccs2)c(OCc2ccccc2)c1. The normalized spacial score (nSPS) is 11.8. The number of benzene rings is 8. The van der Waals surface area contributed by atoms with Crippen molar-refractivity contribution in [2.24, 2.45) is 0 Å². The molecular weight excluding hydrogens is 1170 g/mol. The molecule has 0 spiro atoms. The molecule has 0 atom stereocenters. The van der Waals surface area contributed by atoms with Gasteiger partial charge in [0, 0.05) is 71.6 Å². The van der Waals surface area contributed by atoms with Crippen molar-refractivity contribution in [3.05, 3.63) is 285 Å². The molecule has 2 aromatic heterocycles. The summed E-state index contributed by atoms with van der Waals surface area (Å²) in [5.41, 5.74) is 6.45. The molecule has 10 rings (SSSR count).